The summed E-state index contributed by atoms with van der Waals surface area (Å²) in [7, 11) is 0. The van der Waals surface area contributed by atoms with E-state index in [-0.39, 0.29) is 0 Å². The summed E-state index contributed by atoms with van der Waals surface area (Å²) >= 11 is 0. The highest BCUT2D eigenvalue weighted by atomic mass is 16.6. The van der Waals surface area contributed by atoms with Crippen molar-refractivity contribution in [1.82, 2.24) is 4.90 Å². The minimum Gasteiger partial charge on any atom is -0.420 e. The Kier molecular flexibility index (Phi) is 2.60. The second kappa shape index (κ2) is 3.90. The molecule has 1 unspecified atom stereocenters. The van der Waals surface area contributed by atoms with Gasteiger partial charge in [-0.25, -0.2) is 4.79 Å². The molecule has 1 aliphatic heterocycles. The first-order chi connectivity index (χ1) is 7.16. The average molecular weight is 207 g/mol. The molecule has 15 heavy (non-hydrogen) atoms. The van der Waals surface area contributed by atoms with E-state index in [1.165, 1.54) is 6.92 Å². The predicted molar refractivity (Wildman–Crippen MR) is 53.9 cm³/mol. The van der Waals surface area contributed by atoms with Gasteiger partial charge in [0.15, 0.2) is 6.29 Å². The third-order valence-corrected chi connectivity index (χ3v) is 2.37. The van der Waals surface area contributed by atoms with Gasteiger partial charge in [0.25, 0.3) is 0 Å². The van der Waals surface area contributed by atoms with Crippen LogP contribution in [0.1, 0.15) is 18.1 Å². The Bertz CT molecular complexity index is 351. The molecule has 1 heterocycles. The third kappa shape index (κ3) is 2.10. The maximum Gasteiger partial charge on any atom is 0.412 e. The highest BCUT2D eigenvalue weighted by molar-refractivity contribution is 5.68. The molecule has 80 valence electrons. The molecule has 4 heteroatoms. The minimum atomic E-state index is -1.05. The lowest BCUT2D eigenvalue weighted by atomic mass is 10.1. The van der Waals surface area contributed by atoms with Gasteiger partial charge in [-0.2, -0.15) is 0 Å². The van der Waals surface area contributed by atoms with Crippen molar-refractivity contribution >= 4 is 6.09 Å². The van der Waals surface area contributed by atoms with Crippen LogP contribution in [-0.4, -0.2) is 22.4 Å². The lowest BCUT2D eigenvalue weighted by molar-refractivity contribution is -0.0513. The van der Waals surface area contributed by atoms with Gasteiger partial charge in [0.05, 0.1) is 0 Å². The predicted octanol–water partition coefficient (Wildman–Crippen LogP) is 1.48. The molecular formula is C11H13NO3. The van der Waals surface area contributed by atoms with E-state index in [0.29, 0.717) is 13.1 Å². The van der Waals surface area contributed by atoms with Crippen LogP contribution >= 0.6 is 0 Å². The van der Waals surface area contributed by atoms with Crippen molar-refractivity contribution in [1.29, 1.82) is 0 Å². The molecule has 1 N–H and O–H groups in total. The van der Waals surface area contributed by atoms with E-state index in [2.05, 4.69) is 0 Å². The minimum absolute atomic E-state index is 0.471. The van der Waals surface area contributed by atoms with E-state index in [1.807, 2.05) is 24.3 Å². The molecule has 0 saturated heterocycles. The molecule has 0 spiro atoms. The largest absolute Gasteiger partial charge is 0.420 e. The molecule has 1 aromatic rings. The molecule has 0 radical (unpaired) electrons. The summed E-state index contributed by atoms with van der Waals surface area (Å²) in [5.74, 6) is 0. The Hall–Kier alpha value is -1.55. The van der Waals surface area contributed by atoms with E-state index >= 15 is 0 Å². The maximum absolute atomic E-state index is 11.5. The Balaban J connectivity index is 2.04. The molecule has 0 fully saturated rings. The molecule has 0 aromatic heterocycles. The molecule has 1 aromatic carbocycles. The molecule has 0 aliphatic carbocycles. The van der Waals surface area contributed by atoms with Gasteiger partial charge in [-0.1, -0.05) is 24.3 Å². The maximum atomic E-state index is 11.5. The van der Waals surface area contributed by atoms with Crippen LogP contribution in [0.25, 0.3) is 0 Å². The van der Waals surface area contributed by atoms with Gasteiger partial charge in [-0.3, -0.25) is 4.90 Å². The first-order valence-corrected chi connectivity index (χ1v) is 4.87. The Morgan fingerprint density at radius 2 is 1.93 bits per heavy atom. The number of hydrogen-bond donors (Lipinski definition) is 1. The van der Waals surface area contributed by atoms with Crippen molar-refractivity contribution in [3.05, 3.63) is 35.4 Å². The Morgan fingerprint density at radius 1 is 1.40 bits per heavy atom. The summed E-state index contributed by atoms with van der Waals surface area (Å²) in [4.78, 5) is 13.0. The zero-order valence-electron chi connectivity index (χ0n) is 8.51. The van der Waals surface area contributed by atoms with Crippen LogP contribution in [-0.2, 0) is 17.8 Å². The SMILES string of the molecule is CC(O)OC(=O)N1Cc2ccccc2C1. The summed E-state index contributed by atoms with van der Waals surface area (Å²) in [6.07, 6.45) is -1.53. The van der Waals surface area contributed by atoms with E-state index in [9.17, 15) is 4.79 Å². The highest BCUT2D eigenvalue weighted by Gasteiger charge is 2.24. The summed E-state index contributed by atoms with van der Waals surface area (Å²) in [6.45, 7) is 2.53. The fraction of sp³-hybridized carbons (Fsp3) is 0.364. The normalized spacial score (nSPS) is 16.0. The number of hydrogen-bond acceptors (Lipinski definition) is 3. The van der Waals surface area contributed by atoms with Gasteiger partial charge in [0, 0.05) is 13.1 Å². The number of nitrogens with zero attached hydrogens (tertiary/aromatic N) is 1. The summed E-state index contributed by atoms with van der Waals surface area (Å²) in [5, 5.41) is 8.93. The van der Waals surface area contributed by atoms with Crippen LogP contribution in [0.3, 0.4) is 0 Å². The van der Waals surface area contributed by atoms with E-state index in [1.54, 1.807) is 4.90 Å². The number of aliphatic hydroxyl groups excluding tert-OH is 1. The van der Waals surface area contributed by atoms with Gasteiger partial charge in [-0.15, -0.1) is 0 Å². The zero-order chi connectivity index (χ0) is 10.8. The van der Waals surface area contributed by atoms with Crippen LogP contribution < -0.4 is 0 Å². The van der Waals surface area contributed by atoms with Crippen LogP contribution in [0.2, 0.25) is 0 Å². The topological polar surface area (TPSA) is 49.8 Å². The number of fused-ring (bicyclic) bond motifs is 1. The average Bonchev–Trinajstić information content (AvgIpc) is 2.59. The molecule has 1 amide bonds. The van der Waals surface area contributed by atoms with Crippen molar-refractivity contribution in [3.8, 4) is 0 Å². The van der Waals surface area contributed by atoms with Crippen molar-refractivity contribution in [2.75, 3.05) is 0 Å². The number of amides is 1. The van der Waals surface area contributed by atoms with Crippen molar-refractivity contribution in [3.63, 3.8) is 0 Å². The van der Waals surface area contributed by atoms with Crippen molar-refractivity contribution in [2.24, 2.45) is 0 Å². The quantitative estimate of drug-likeness (QED) is 0.709. The summed E-state index contributed by atoms with van der Waals surface area (Å²) in [5.41, 5.74) is 2.28. The highest BCUT2D eigenvalue weighted by Crippen LogP contribution is 2.22. The first kappa shape index (κ1) is 9.98. The van der Waals surface area contributed by atoms with Gasteiger partial charge < -0.3 is 9.84 Å². The molecule has 0 saturated carbocycles. The van der Waals surface area contributed by atoms with Crippen molar-refractivity contribution in [2.45, 2.75) is 26.3 Å². The fourth-order valence-corrected chi connectivity index (χ4v) is 1.68. The van der Waals surface area contributed by atoms with Crippen LogP contribution in [0, 0.1) is 0 Å². The number of carbonyl (C=O) groups excluding carboxylic acids is 1. The molecule has 1 atom stereocenters. The van der Waals surface area contributed by atoms with Crippen LogP contribution in [0.5, 0.6) is 0 Å². The second-order valence-corrected chi connectivity index (χ2v) is 3.61. The monoisotopic (exact) mass is 207 g/mol. The van der Waals surface area contributed by atoms with Gasteiger partial charge in [-0.05, 0) is 18.1 Å². The molecular weight excluding hydrogens is 194 g/mol. The standard InChI is InChI=1S/C11H13NO3/c1-8(13)15-11(14)12-6-9-4-2-3-5-10(9)7-12/h2-5,8,13H,6-7H2,1H3. The molecule has 2 rings (SSSR count). The van der Waals surface area contributed by atoms with E-state index < -0.39 is 12.4 Å². The Labute approximate surface area is 88.1 Å². The van der Waals surface area contributed by atoms with Gasteiger partial charge in [0.1, 0.15) is 0 Å². The number of benzene rings is 1. The molecule has 1 aliphatic rings. The van der Waals surface area contributed by atoms with E-state index in [0.717, 1.165) is 11.1 Å². The Morgan fingerprint density at radius 3 is 2.40 bits per heavy atom. The van der Waals surface area contributed by atoms with Gasteiger partial charge in [0.2, 0.25) is 0 Å². The summed E-state index contributed by atoms with van der Waals surface area (Å²) in [6, 6.07) is 7.88. The van der Waals surface area contributed by atoms with Gasteiger partial charge >= 0.3 is 6.09 Å². The first-order valence-electron chi connectivity index (χ1n) is 4.87. The summed E-state index contributed by atoms with van der Waals surface area (Å²) < 4.78 is 4.71. The number of ether oxygens (including phenoxy) is 1. The molecule has 0 bridgehead atoms. The lowest BCUT2D eigenvalue weighted by Gasteiger charge is -2.16. The number of carbonyl (C=O) groups is 1. The second-order valence-electron chi connectivity index (χ2n) is 3.61. The van der Waals surface area contributed by atoms with Crippen LogP contribution in [0.15, 0.2) is 24.3 Å². The van der Waals surface area contributed by atoms with Crippen LogP contribution in [0.4, 0.5) is 4.79 Å². The zero-order valence-corrected chi connectivity index (χ0v) is 8.51. The van der Waals surface area contributed by atoms with Crippen molar-refractivity contribution < 1.29 is 14.6 Å². The number of rotatable bonds is 1. The smallest absolute Gasteiger partial charge is 0.412 e. The fourth-order valence-electron chi connectivity index (χ4n) is 1.68. The molecule has 4 nitrogen and oxygen atoms in total. The van der Waals surface area contributed by atoms with E-state index in [4.69, 9.17) is 9.84 Å². The third-order valence-electron chi connectivity index (χ3n) is 2.37. The lowest BCUT2D eigenvalue weighted by Crippen LogP contribution is -2.29. The number of aliphatic hydroxyl groups is 1.